The summed E-state index contributed by atoms with van der Waals surface area (Å²) in [5.74, 6) is -0.905. The number of likely N-dealkylation sites (tertiary alicyclic amines) is 1. The fraction of sp³-hybridized carbons (Fsp3) is 0.533. The van der Waals surface area contributed by atoms with E-state index in [1.54, 1.807) is 6.07 Å². The topological polar surface area (TPSA) is 40.5 Å². The van der Waals surface area contributed by atoms with E-state index in [1.165, 1.54) is 11.6 Å². The Kier molecular flexibility index (Phi) is 3.27. The standard InChI is InChI=1S/C15H18FNO2/c16-11-4-5-13-10(8-11)3-6-14(13)17-7-1-2-12(17)9-15(18)19/h4-5,8,12,14H,1-3,6-7,9H2,(H,18,19). The number of fused-ring (bicyclic) bond motifs is 1. The zero-order valence-corrected chi connectivity index (χ0v) is 10.8. The number of carboxylic acid groups (broad SMARTS) is 1. The van der Waals surface area contributed by atoms with Crippen molar-refractivity contribution in [1.82, 2.24) is 4.90 Å². The van der Waals surface area contributed by atoms with E-state index >= 15 is 0 Å². The molecule has 102 valence electrons. The zero-order chi connectivity index (χ0) is 13.4. The Balaban J connectivity index is 1.82. The molecule has 0 amide bonds. The van der Waals surface area contributed by atoms with Crippen LogP contribution in [0.5, 0.6) is 0 Å². The summed E-state index contributed by atoms with van der Waals surface area (Å²) >= 11 is 0. The minimum absolute atomic E-state index is 0.138. The monoisotopic (exact) mass is 263 g/mol. The van der Waals surface area contributed by atoms with Gasteiger partial charge >= 0.3 is 5.97 Å². The summed E-state index contributed by atoms with van der Waals surface area (Å²) < 4.78 is 13.2. The number of halogens is 1. The largest absolute Gasteiger partial charge is 0.481 e. The third kappa shape index (κ3) is 2.37. The summed E-state index contributed by atoms with van der Waals surface area (Å²) in [6.45, 7) is 0.958. The Morgan fingerprint density at radius 1 is 1.42 bits per heavy atom. The Labute approximate surface area is 112 Å². The maximum absolute atomic E-state index is 13.2. The minimum Gasteiger partial charge on any atom is -0.481 e. The fourth-order valence-electron chi connectivity index (χ4n) is 3.60. The number of benzene rings is 1. The second-order valence-electron chi connectivity index (χ2n) is 5.53. The molecule has 1 heterocycles. The predicted molar refractivity (Wildman–Crippen MR) is 69.4 cm³/mol. The Morgan fingerprint density at radius 3 is 3.05 bits per heavy atom. The summed E-state index contributed by atoms with van der Waals surface area (Å²) in [4.78, 5) is 13.2. The first-order valence-corrected chi connectivity index (χ1v) is 6.91. The molecule has 2 atom stereocenters. The molecule has 1 N–H and O–H groups in total. The van der Waals surface area contributed by atoms with E-state index in [0.717, 1.165) is 37.8 Å². The molecular formula is C15H18FNO2. The van der Waals surface area contributed by atoms with Crippen LogP contribution in [0.1, 0.15) is 42.9 Å². The lowest BCUT2D eigenvalue weighted by Gasteiger charge is -2.30. The van der Waals surface area contributed by atoms with Gasteiger partial charge in [0.2, 0.25) is 0 Å². The van der Waals surface area contributed by atoms with Crippen LogP contribution in [0, 0.1) is 5.82 Å². The van der Waals surface area contributed by atoms with Crippen molar-refractivity contribution in [2.24, 2.45) is 0 Å². The molecule has 0 bridgehead atoms. The highest BCUT2D eigenvalue weighted by molar-refractivity contribution is 5.67. The highest BCUT2D eigenvalue weighted by Gasteiger charge is 2.36. The number of rotatable bonds is 3. The zero-order valence-electron chi connectivity index (χ0n) is 10.8. The molecule has 1 aromatic rings. The van der Waals surface area contributed by atoms with Crippen LogP contribution in [0.25, 0.3) is 0 Å². The van der Waals surface area contributed by atoms with Gasteiger partial charge in [-0.15, -0.1) is 0 Å². The lowest BCUT2D eigenvalue weighted by Crippen LogP contribution is -2.34. The fourth-order valence-corrected chi connectivity index (χ4v) is 3.60. The highest BCUT2D eigenvalue weighted by Crippen LogP contribution is 2.40. The number of aliphatic carboxylic acids is 1. The van der Waals surface area contributed by atoms with Crippen molar-refractivity contribution >= 4 is 5.97 Å². The number of nitrogens with zero attached hydrogens (tertiary/aromatic N) is 1. The van der Waals surface area contributed by atoms with Crippen LogP contribution < -0.4 is 0 Å². The lowest BCUT2D eigenvalue weighted by atomic mass is 10.0. The molecule has 0 aromatic heterocycles. The van der Waals surface area contributed by atoms with Crippen molar-refractivity contribution in [3.8, 4) is 0 Å². The normalized spacial score (nSPS) is 26.6. The van der Waals surface area contributed by atoms with Gasteiger partial charge in [0.1, 0.15) is 5.82 Å². The maximum atomic E-state index is 13.2. The van der Waals surface area contributed by atoms with E-state index < -0.39 is 5.97 Å². The van der Waals surface area contributed by atoms with Crippen LogP contribution in [0.2, 0.25) is 0 Å². The average molecular weight is 263 g/mol. The van der Waals surface area contributed by atoms with Gasteiger partial charge in [-0.1, -0.05) is 6.07 Å². The van der Waals surface area contributed by atoms with E-state index in [4.69, 9.17) is 5.11 Å². The molecule has 2 unspecified atom stereocenters. The molecule has 1 fully saturated rings. The summed E-state index contributed by atoms with van der Waals surface area (Å²) in [6, 6.07) is 5.43. The molecule has 1 saturated heterocycles. The van der Waals surface area contributed by atoms with Crippen LogP contribution in [0.15, 0.2) is 18.2 Å². The smallest absolute Gasteiger partial charge is 0.304 e. The second kappa shape index (κ2) is 4.93. The van der Waals surface area contributed by atoms with Gasteiger partial charge < -0.3 is 5.11 Å². The third-order valence-electron chi connectivity index (χ3n) is 4.38. The number of carboxylic acids is 1. The van der Waals surface area contributed by atoms with Gasteiger partial charge in [-0.2, -0.15) is 0 Å². The van der Waals surface area contributed by atoms with Crippen LogP contribution in [-0.4, -0.2) is 28.6 Å². The molecule has 0 radical (unpaired) electrons. The first kappa shape index (κ1) is 12.6. The first-order valence-electron chi connectivity index (χ1n) is 6.91. The highest BCUT2D eigenvalue weighted by atomic mass is 19.1. The minimum atomic E-state index is -0.728. The van der Waals surface area contributed by atoms with Gasteiger partial charge in [0, 0.05) is 12.1 Å². The van der Waals surface area contributed by atoms with Gasteiger partial charge in [-0.25, -0.2) is 4.39 Å². The summed E-state index contributed by atoms with van der Waals surface area (Å²) in [5, 5.41) is 8.99. The Morgan fingerprint density at radius 2 is 2.26 bits per heavy atom. The van der Waals surface area contributed by atoms with Crippen molar-refractivity contribution in [3.63, 3.8) is 0 Å². The Hall–Kier alpha value is -1.42. The van der Waals surface area contributed by atoms with Crippen LogP contribution in [-0.2, 0) is 11.2 Å². The summed E-state index contributed by atoms with van der Waals surface area (Å²) in [6.07, 6.45) is 4.11. The number of aryl methyl sites for hydroxylation is 1. The molecule has 2 aliphatic rings. The lowest BCUT2D eigenvalue weighted by molar-refractivity contribution is -0.138. The number of carbonyl (C=O) groups is 1. The van der Waals surface area contributed by atoms with Gasteiger partial charge in [-0.05, 0) is 55.5 Å². The Bertz CT molecular complexity index is 503. The van der Waals surface area contributed by atoms with E-state index in [9.17, 15) is 9.18 Å². The molecule has 1 aliphatic carbocycles. The van der Waals surface area contributed by atoms with E-state index in [1.807, 2.05) is 6.07 Å². The number of hydrogen-bond acceptors (Lipinski definition) is 2. The quantitative estimate of drug-likeness (QED) is 0.911. The average Bonchev–Trinajstić information content (AvgIpc) is 2.93. The number of hydrogen-bond donors (Lipinski definition) is 1. The van der Waals surface area contributed by atoms with Crippen molar-refractivity contribution in [1.29, 1.82) is 0 Å². The molecule has 19 heavy (non-hydrogen) atoms. The van der Waals surface area contributed by atoms with Crippen molar-refractivity contribution in [2.45, 2.75) is 44.2 Å². The molecule has 1 aromatic carbocycles. The predicted octanol–water partition coefficient (Wildman–Crippen LogP) is 2.75. The molecule has 1 aliphatic heterocycles. The van der Waals surface area contributed by atoms with Gasteiger partial charge in [-0.3, -0.25) is 9.69 Å². The first-order chi connectivity index (χ1) is 9.15. The van der Waals surface area contributed by atoms with E-state index in [-0.39, 0.29) is 24.3 Å². The van der Waals surface area contributed by atoms with E-state index in [0.29, 0.717) is 0 Å². The van der Waals surface area contributed by atoms with Crippen molar-refractivity contribution in [3.05, 3.63) is 35.1 Å². The summed E-state index contributed by atoms with van der Waals surface area (Å²) in [5.41, 5.74) is 2.28. The van der Waals surface area contributed by atoms with Crippen molar-refractivity contribution in [2.75, 3.05) is 6.54 Å². The van der Waals surface area contributed by atoms with Crippen LogP contribution >= 0.6 is 0 Å². The molecule has 3 rings (SSSR count). The molecule has 4 heteroatoms. The van der Waals surface area contributed by atoms with Crippen molar-refractivity contribution < 1.29 is 14.3 Å². The van der Waals surface area contributed by atoms with Crippen LogP contribution in [0.3, 0.4) is 0 Å². The third-order valence-corrected chi connectivity index (χ3v) is 4.38. The van der Waals surface area contributed by atoms with Crippen LogP contribution in [0.4, 0.5) is 4.39 Å². The van der Waals surface area contributed by atoms with Gasteiger partial charge in [0.05, 0.1) is 6.42 Å². The van der Waals surface area contributed by atoms with E-state index in [2.05, 4.69) is 4.90 Å². The SMILES string of the molecule is O=C(O)CC1CCCN1C1CCc2cc(F)ccc21. The molecule has 3 nitrogen and oxygen atoms in total. The molecule has 0 saturated carbocycles. The molecular weight excluding hydrogens is 245 g/mol. The molecule has 0 spiro atoms. The van der Waals surface area contributed by atoms with Gasteiger partial charge in [0.15, 0.2) is 0 Å². The second-order valence-corrected chi connectivity index (χ2v) is 5.53. The maximum Gasteiger partial charge on any atom is 0.304 e. The van der Waals surface area contributed by atoms with Gasteiger partial charge in [0.25, 0.3) is 0 Å². The summed E-state index contributed by atoms with van der Waals surface area (Å²) in [7, 11) is 0.